The van der Waals surface area contributed by atoms with Gasteiger partial charge in [-0.3, -0.25) is 0 Å². The molecule has 0 saturated heterocycles. The van der Waals surface area contributed by atoms with Crippen LogP contribution in [0.4, 0.5) is 0 Å². The molecule has 3 nitrogen and oxygen atoms in total. The number of carbonyl (C=O) groups is 1. The average Bonchev–Trinajstić information content (AvgIpc) is 2.57. The molecule has 0 aliphatic heterocycles. The fraction of sp³-hybridized carbons (Fsp3) is 0.952. The Morgan fingerprint density at radius 3 is 1.46 bits per heavy atom. The topological polar surface area (TPSA) is 46.5 Å². The zero-order valence-corrected chi connectivity index (χ0v) is 16.5. The third kappa shape index (κ3) is 13.8. The van der Waals surface area contributed by atoms with Gasteiger partial charge in [0.15, 0.2) is 0 Å². The number of hydrogen-bond donors (Lipinski definition) is 1. The molecule has 0 aliphatic rings. The van der Waals surface area contributed by atoms with Crippen LogP contribution in [0.25, 0.3) is 0 Å². The molecule has 0 amide bonds. The first-order chi connectivity index (χ1) is 11.6. The van der Waals surface area contributed by atoms with Crippen LogP contribution in [-0.2, 0) is 9.68 Å². The van der Waals surface area contributed by atoms with Crippen molar-refractivity contribution in [2.75, 3.05) is 0 Å². The Labute approximate surface area is 150 Å². The highest BCUT2D eigenvalue weighted by molar-refractivity contribution is 5.71. The molecule has 0 spiro atoms. The lowest BCUT2D eigenvalue weighted by molar-refractivity contribution is -0.240. The molecule has 0 fully saturated rings. The van der Waals surface area contributed by atoms with E-state index in [1.165, 1.54) is 83.5 Å². The third-order valence-corrected chi connectivity index (χ3v) is 5.07. The Kier molecular flexibility index (Phi) is 16.8. The lowest BCUT2D eigenvalue weighted by Gasteiger charge is -2.16. The predicted molar refractivity (Wildman–Crippen MR) is 102 cm³/mol. The maximum Gasteiger partial charge on any atom is 0.345 e. The molecule has 1 unspecified atom stereocenters. The molecule has 0 aromatic heterocycles. The summed E-state index contributed by atoms with van der Waals surface area (Å²) < 4.78 is 0. The van der Waals surface area contributed by atoms with Crippen molar-refractivity contribution < 1.29 is 14.9 Å². The van der Waals surface area contributed by atoms with Crippen LogP contribution in [0.1, 0.15) is 117 Å². The molecular weight excluding hydrogens is 300 g/mol. The fourth-order valence-corrected chi connectivity index (χ4v) is 3.35. The van der Waals surface area contributed by atoms with Crippen molar-refractivity contribution in [3.63, 3.8) is 0 Å². The highest BCUT2D eigenvalue weighted by Crippen LogP contribution is 2.21. The van der Waals surface area contributed by atoms with Crippen molar-refractivity contribution in [2.24, 2.45) is 11.8 Å². The van der Waals surface area contributed by atoms with Crippen molar-refractivity contribution in [1.29, 1.82) is 0 Å². The molecule has 0 saturated carbocycles. The second kappa shape index (κ2) is 17.3. The Bertz CT molecular complexity index is 276. The van der Waals surface area contributed by atoms with Gasteiger partial charge in [0.2, 0.25) is 0 Å². The van der Waals surface area contributed by atoms with Gasteiger partial charge in [0, 0.05) is 0 Å². The number of carbonyl (C=O) groups excluding carboxylic acids is 1. The summed E-state index contributed by atoms with van der Waals surface area (Å²) in [5, 5.41) is 8.52. The molecule has 0 radical (unpaired) electrons. The maximum atomic E-state index is 11.4. The van der Waals surface area contributed by atoms with Crippen LogP contribution < -0.4 is 0 Å². The quantitative estimate of drug-likeness (QED) is 0.173. The number of unbranched alkanes of at least 4 members (excludes halogenated alkanes) is 13. The van der Waals surface area contributed by atoms with Gasteiger partial charge in [-0.05, 0) is 12.3 Å². The van der Waals surface area contributed by atoms with E-state index in [2.05, 4.69) is 11.8 Å². The normalized spacial score (nSPS) is 12.5. The van der Waals surface area contributed by atoms with E-state index in [4.69, 9.17) is 5.26 Å². The molecule has 24 heavy (non-hydrogen) atoms. The van der Waals surface area contributed by atoms with Gasteiger partial charge < -0.3 is 4.89 Å². The van der Waals surface area contributed by atoms with Gasteiger partial charge in [0.25, 0.3) is 0 Å². The SMILES string of the molecule is CCCCCCCCCCCCCCCCC(C(=O)OO)C(C)C. The summed E-state index contributed by atoms with van der Waals surface area (Å²) in [5.74, 6) is -0.404. The number of hydrogen-bond acceptors (Lipinski definition) is 3. The van der Waals surface area contributed by atoms with Crippen molar-refractivity contribution in [2.45, 2.75) is 117 Å². The zero-order chi connectivity index (χ0) is 18.0. The minimum atomic E-state index is -0.473. The maximum absolute atomic E-state index is 11.4. The lowest BCUT2D eigenvalue weighted by atomic mass is 9.90. The molecule has 0 aromatic carbocycles. The molecule has 0 aromatic rings. The van der Waals surface area contributed by atoms with E-state index in [0.29, 0.717) is 0 Å². The van der Waals surface area contributed by atoms with Gasteiger partial charge in [0.05, 0.1) is 5.92 Å². The van der Waals surface area contributed by atoms with E-state index in [1.54, 1.807) is 0 Å². The minimum absolute atomic E-state index is 0.160. The summed E-state index contributed by atoms with van der Waals surface area (Å²) in [5.41, 5.74) is 0. The van der Waals surface area contributed by atoms with Crippen LogP contribution in [0.3, 0.4) is 0 Å². The van der Waals surface area contributed by atoms with E-state index in [9.17, 15) is 4.79 Å². The fourth-order valence-electron chi connectivity index (χ4n) is 3.35. The first-order valence-corrected chi connectivity index (χ1v) is 10.5. The van der Waals surface area contributed by atoms with Gasteiger partial charge in [-0.15, -0.1) is 0 Å². The van der Waals surface area contributed by atoms with Crippen LogP contribution in [-0.4, -0.2) is 11.2 Å². The smallest absolute Gasteiger partial charge is 0.301 e. The van der Waals surface area contributed by atoms with E-state index in [-0.39, 0.29) is 11.8 Å². The molecule has 0 aliphatic carbocycles. The molecule has 3 heteroatoms. The lowest BCUT2D eigenvalue weighted by Crippen LogP contribution is -2.21. The summed E-state index contributed by atoms with van der Waals surface area (Å²) in [4.78, 5) is 15.4. The Morgan fingerprint density at radius 2 is 1.12 bits per heavy atom. The summed E-state index contributed by atoms with van der Waals surface area (Å²) >= 11 is 0. The summed E-state index contributed by atoms with van der Waals surface area (Å²) in [7, 11) is 0. The van der Waals surface area contributed by atoms with Crippen molar-refractivity contribution >= 4 is 5.97 Å². The van der Waals surface area contributed by atoms with Crippen LogP contribution in [0.15, 0.2) is 0 Å². The molecule has 0 bridgehead atoms. The van der Waals surface area contributed by atoms with Crippen LogP contribution in [0.5, 0.6) is 0 Å². The van der Waals surface area contributed by atoms with Crippen molar-refractivity contribution in [3.05, 3.63) is 0 Å². The van der Waals surface area contributed by atoms with Crippen LogP contribution in [0.2, 0.25) is 0 Å². The number of rotatable bonds is 17. The molecular formula is C21H42O3. The first-order valence-electron chi connectivity index (χ1n) is 10.5. The van der Waals surface area contributed by atoms with Crippen molar-refractivity contribution in [1.82, 2.24) is 0 Å². The predicted octanol–water partition coefficient (Wildman–Crippen LogP) is 7.15. The van der Waals surface area contributed by atoms with E-state index in [0.717, 1.165) is 12.8 Å². The first kappa shape index (κ1) is 23.4. The third-order valence-electron chi connectivity index (χ3n) is 5.07. The van der Waals surface area contributed by atoms with Gasteiger partial charge >= 0.3 is 5.97 Å². The van der Waals surface area contributed by atoms with Crippen LogP contribution >= 0.6 is 0 Å². The van der Waals surface area contributed by atoms with E-state index >= 15 is 0 Å². The molecule has 144 valence electrons. The summed E-state index contributed by atoms with van der Waals surface area (Å²) in [6, 6.07) is 0. The van der Waals surface area contributed by atoms with Crippen molar-refractivity contribution in [3.8, 4) is 0 Å². The van der Waals surface area contributed by atoms with Gasteiger partial charge in [0.1, 0.15) is 0 Å². The van der Waals surface area contributed by atoms with E-state index in [1.807, 2.05) is 13.8 Å². The van der Waals surface area contributed by atoms with Crippen LogP contribution in [0, 0.1) is 11.8 Å². The second-order valence-corrected chi connectivity index (χ2v) is 7.65. The largest absolute Gasteiger partial charge is 0.345 e. The van der Waals surface area contributed by atoms with Gasteiger partial charge in [-0.2, -0.15) is 5.26 Å². The Balaban J connectivity index is 3.31. The Hall–Kier alpha value is -0.570. The molecule has 0 rings (SSSR count). The second-order valence-electron chi connectivity index (χ2n) is 7.65. The summed E-state index contributed by atoms with van der Waals surface area (Å²) in [6.45, 7) is 6.28. The standard InChI is InChI=1S/C21H42O3/c1-4-5-6-7-8-9-10-11-12-13-14-15-16-17-18-20(19(2)3)21(22)24-23/h19-20,23H,4-18H2,1-3H3. The highest BCUT2D eigenvalue weighted by atomic mass is 17.1. The minimum Gasteiger partial charge on any atom is -0.301 e. The zero-order valence-electron chi connectivity index (χ0n) is 16.5. The monoisotopic (exact) mass is 342 g/mol. The molecule has 0 heterocycles. The molecule has 1 N–H and O–H groups in total. The molecule has 1 atom stereocenters. The van der Waals surface area contributed by atoms with Gasteiger partial charge in [-0.1, -0.05) is 111 Å². The van der Waals surface area contributed by atoms with Gasteiger partial charge in [-0.25, -0.2) is 4.79 Å². The van der Waals surface area contributed by atoms with E-state index < -0.39 is 5.97 Å². The average molecular weight is 343 g/mol. The summed E-state index contributed by atoms with van der Waals surface area (Å²) in [6.07, 6.45) is 19.6. The Morgan fingerprint density at radius 1 is 0.750 bits per heavy atom. The highest BCUT2D eigenvalue weighted by Gasteiger charge is 2.23.